The molecule has 0 N–H and O–H groups in total. The minimum Gasteiger partial charge on any atom is -0.459 e. The molecule has 3 nitrogen and oxygen atoms in total. The molecule has 1 aliphatic carbocycles. The van der Waals surface area contributed by atoms with E-state index < -0.39 is 0 Å². The van der Waals surface area contributed by atoms with Crippen molar-refractivity contribution < 1.29 is 9.53 Å². The highest BCUT2D eigenvalue weighted by atomic mass is 16.5. The van der Waals surface area contributed by atoms with Gasteiger partial charge in [-0.25, -0.2) is 4.79 Å². The number of rotatable bonds is 3. The molecule has 1 aromatic carbocycles. The van der Waals surface area contributed by atoms with Crippen LogP contribution in [0.5, 0.6) is 0 Å². The van der Waals surface area contributed by atoms with Crippen LogP contribution in [0.4, 0.5) is 0 Å². The van der Waals surface area contributed by atoms with E-state index in [1.54, 1.807) is 12.1 Å². The van der Waals surface area contributed by atoms with Crippen molar-refractivity contribution in [3.05, 3.63) is 35.4 Å². The highest BCUT2D eigenvalue weighted by Gasteiger charge is 2.21. The minimum absolute atomic E-state index is 0.0717. The van der Waals surface area contributed by atoms with Gasteiger partial charge in [0.15, 0.2) is 0 Å². The highest BCUT2D eigenvalue weighted by molar-refractivity contribution is 5.89. The van der Waals surface area contributed by atoms with Crippen molar-refractivity contribution in [2.75, 3.05) is 0 Å². The first-order chi connectivity index (χ1) is 9.19. The fraction of sp³-hybridized carbons (Fsp3) is 0.500. The molecule has 1 aromatic rings. The van der Waals surface area contributed by atoms with Gasteiger partial charge in [0.25, 0.3) is 0 Å². The summed E-state index contributed by atoms with van der Waals surface area (Å²) in [6.45, 7) is 2.24. The topological polar surface area (TPSA) is 50.1 Å². The second-order valence-corrected chi connectivity index (χ2v) is 5.32. The highest BCUT2D eigenvalue weighted by Crippen LogP contribution is 2.26. The Labute approximate surface area is 114 Å². The average Bonchev–Trinajstić information content (AvgIpc) is 2.42. The number of esters is 1. The van der Waals surface area contributed by atoms with Crippen LogP contribution in [0, 0.1) is 17.2 Å². The number of hydrogen-bond donors (Lipinski definition) is 0. The fourth-order valence-electron chi connectivity index (χ4n) is 2.42. The van der Waals surface area contributed by atoms with Crippen molar-refractivity contribution in [1.82, 2.24) is 0 Å². The van der Waals surface area contributed by atoms with Crippen LogP contribution in [0.1, 0.15) is 48.5 Å². The number of carbonyl (C=O) groups is 1. The van der Waals surface area contributed by atoms with E-state index in [9.17, 15) is 4.79 Å². The van der Waals surface area contributed by atoms with Gasteiger partial charge in [0.1, 0.15) is 6.10 Å². The van der Waals surface area contributed by atoms with Crippen LogP contribution in [-0.4, -0.2) is 12.1 Å². The van der Waals surface area contributed by atoms with Gasteiger partial charge in [-0.3, -0.25) is 0 Å². The Hall–Kier alpha value is -1.82. The zero-order valence-corrected chi connectivity index (χ0v) is 11.3. The molecule has 1 aliphatic rings. The Balaban J connectivity index is 1.91. The lowest BCUT2D eigenvalue weighted by molar-refractivity contribution is 0.0174. The van der Waals surface area contributed by atoms with Crippen molar-refractivity contribution in [2.24, 2.45) is 5.92 Å². The Morgan fingerprint density at radius 1 is 1.26 bits per heavy atom. The minimum atomic E-state index is -0.247. The van der Waals surface area contributed by atoms with Crippen LogP contribution in [0.25, 0.3) is 0 Å². The lowest BCUT2D eigenvalue weighted by Gasteiger charge is -2.25. The van der Waals surface area contributed by atoms with Crippen molar-refractivity contribution >= 4 is 5.97 Å². The van der Waals surface area contributed by atoms with Crippen LogP contribution in [-0.2, 0) is 11.2 Å². The van der Waals surface area contributed by atoms with Gasteiger partial charge in [-0.05, 0) is 49.3 Å². The van der Waals surface area contributed by atoms with E-state index in [0.29, 0.717) is 12.0 Å². The standard InChI is InChI=1S/C16H19NO2/c1-12-2-8-15(9-3-12)19-16(18)14-6-4-13(5-7-14)10-11-17/h4-7,12,15H,2-3,8-10H2,1H3. The van der Waals surface area contributed by atoms with Gasteiger partial charge in [0, 0.05) is 0 Å². The molecule has 0 amide bonds. The van der Waals surface area contributed by atoms with E-state index in [-0.39, 0.29) is 12.1 Å². The quantitative estimate of drug-likeness (QED) is 0.779. The van der Waals surface area contributed by atoms with Crippen molar-refractivity contribution in [1.29, 1.82) is 5.26 Å². The molecule has 0 radical (unpaired) electrons. The van der Waals surface area contributed by atoms with Crippen molar-refractivity contribution in [3.63, 3.8) is 0 Å². The molecule has 3 heteroatoms. The van der Waals surface area contributed by atoms with E-state index in [4.69, 9.17) is 10.00 Å². The van der Waals surface area contributed by atoms with Crippen molar-refractivity contribution in [3.8, 4) is 6.07 Å². The predicted octanol–water partition coefficient (Wildman–Crippen LogP) is 3.49. The number of carbonyl (C=O) groups excluding carboxylic acids is 1. The summed E-state index contributed by atoms with van der Waals surface area (Å²) in [6.07, 6.45) is 4.66. The normalized spacial score (nSPS) is 22.5. The zero-order valence-electron chi connectivity index (χ0n) is 11.3. The molecule has 100 valence electrons. The second kappa shape index (κ2) is 6.38. The van der Waals surface area contributed by atoms with Gasteiger partial charge in [0.2, 0.25) is 0 Å². The van der Waals surface area contributed by atoms with Crippen LogP contribution >= 0.6 is 0 Å². The van der Waals surface area contributed by atoms with Gasteiger partial charge in [-0.2, -0.15) is 5.26 Å². The maximum absolute atomic E-state index is 12.0. The Morgan fingerprint density at radius 3 is 2.47 bits per heavy atom. The molecule has 0 saturated heterocycles. The molecule has 2 rings (SSSR count). The third kappa shape index (κ3) is 3.82. The maximum Gasteiger partial charge on any atom is 0.338 e. The van der Waals surface area contributed by atoms with Gasteiger partial charge in [-0.1, -0.05) is 19.1 Å². The fourth-order valence-corrected chi connectivity index (χ4v) is 2.42. The zero-order chi connectivity index (χ0) is 13.7. The van der Waals surface area contributed by atoms with Crippen LogP contribution in [0.3, 0.4) is 0 Å². The van der Waals surface area contributed by atoms with E-state index in [2.05, 4.69) is 13.0 Å². The molecule has 0 aromatic heterocycles. The van der Waals surface area contributed by atoms with Gasteiger partial charge in [0.05, 0.1) is 18.1 Å². The molecule has 0 atom stereocenters. The second-order valence-electron chi connectivity index (χ2n) is 5.32. The molecule has 0 spiro atoms. The SMILES string of the molecule is CC1CCC(OC(=O)c2ccc(CC#N)cc2)CC1. The number of ether oxygens (including phenoxy) is 1. The Bertz CT molecular complexity index is 465. The molecule has 19 heavy (non-hydrogen) atoms. The lowest BCUT2D eigenvalue weighted by atomic mass is 9.89. The third-order valence-corrected chi connectivity index (χ3v) is 3.71. The number of benzene rings is 1. The van der Waals surface area contributed by atoms with Crippen LogP contribution in [0.15, 0.2) is 24.3 Å². The van der Waals surface area contributed by atoms with Crippen LogP contribution in [0.2, 0.25) is 0 Å². The summed E-state index contributed by atoms with van der Waals surface area (Å²) in [5, 5.41) is 8.59. The Morgan fingerprint density at radius 2 is 1.89 bits per heavy atom. The first-order valence-electron chi connectivity index (χ1n) is 6.86. The molecule has 0 unspecified atom stereocenters. The van der Waals surface area contributed by atoms with Gasteiger partial charge < -0.3 is 4.74 Å². The molecular weight excluding hydrogens is 238 g/mol. The monoisotopic (exact) mass is 257 g/mol. The Kier molecular flexibility index (Phi) is 4.57. The van der Waals surface area contributed by atoms with E-state index in [1.165, 1.54) is 0 Å². The van der Waals surface area contributed by atoms with Gasteiger partial charge in [-0.15, -0.1) is 0 Å². The molecule has 0 aliphatic heterocycles. The summed E-state index contributed by atoms with van der Waals surface area (Å²) in [4.78, 5) is 12.0. The summed E-state index contributed by atoms with van der Waals surface area (Å²) in [7, 11) is 0. The lowest BCUT2D eigenvalue weighted by Crippen LogP contribution is -2.23. The molecule has 1 saturated carbocycles. The summed E-state index contributed by atoms with van der Waals surface area (Å²) in [5.41, 5.74) is 1.49. The first kappa shape index (κ1) is 13.6. The molecule has 1 fully saturated rings. The summed E-state index contributed by atoms with van der Waals surface area (Å²) < 4.78 is 5.52. The van der Waals surface area contributed by atoms with Crippen LogP contribution < -0.4 is 0 Å². The van der Waals surface area contributed by atoms with E-state index in [0.717, 1.165) is 37.2 Å². The molecule has 0 bridgehead atoms. The molecule has 0 heterocycles. The summed E-state index contributed by atoms with van der Waals surface area (Å²) >= 11 is 0. The number of hydrogen-bond acceptors (Lipinski definition) is 3. The predicted molar refractivity (Wildman–Crippen MR) is 72.6 cm³/mol. The third-order valence-electron chi connectivity index (χ3n) is 3.71. The summed E-state index contributed by atoms with van der Waals surface area (Å²) in [5.74, 6) is 0.503. The van der Waals surface area contributed by atoms with E-state index in [1.807, 2.05) is 12.1 Å². The number of nitriles is 1. The first-order valence-corrected chi connectivity index (χ1v) is 6.86. The van der Waals surface area contributed by atoms with E-state index >= 15 is 0 Å². The van der Waals surface area contributed by atoms with Crippen molar-refractivity contribution in [2.45, 2.75) is 45.1 Å². The van der Waals surface area contributed by atoms with Gasteiger partial charge >= 0.3 is 5.97 Å². The molecular formula is C16H19NO2. The maximum atomic E-state index is 12.0. The number of nitrogens with zero attached hydrogens (tertiary/aromatic N) is 1. The smallest absolute Gasteiger partial charge is 0.338 e. The summed E-state index contributed by atoms with van der Waals surface area (Å²) in [6, 6.07) is 9.18. The average molecular weight is 257 g/mol. The largest absolute Gasteiger partial charge is 0.459 e.